The van der Waals surface area contributed by atoms with Crippen LogP contribution in [0.25, 0.3) is 0 Å². The fourth-order valence-corrected chi connectivity index (χ4v) is 2.12. The van der Waals surface area contributed by atoms with Gasteiger partial charge in [-0.15, -0.1) is 0 Å². The number of carbonyl (C=O) groups excluding carboxylic acids is 3. The summed E-state index contributed by atoms with van der Waals surface area (Å²) in [5.74, 6) is -0.626. The molecule has 1 atom stereocenters. The number of rotatable bonds is 7. The van der Waals surface area contributed by atoms with E-state index in [2.05, 4.69) is 15.4 Å². The summed E-state index contributed by atoms with van der Waals surface area (Å²) in [6.45, 7) is 5.04. The van der Waals surface area contributed by atoms with Gasteiger partial charge in [-0.3, -0.25) is 14.4 Å². The third-order valence-corrected chi connectivity index (χ3v) is 3.17. The highest BCUT2D eigenvalue weighted by molar-refractivity contribution is 5.89. The molecule has 0 aromatic rings. The minimum atomic E-state index is -0.292. The molecule has 1 rings (SSSR count). The van der Waals surface area contributed by atoms with Crippen LogP contribution in [-0.4, -0.2) is 62.0 Å². The molecule has 7 heteroatoms. The second-order valence-corrected chi connectivity index (χ2v) is 5.11. The van der Waals surface area contributed by atoms with Crippen molar-refractivity contribution in [2.75, 3.05) is 33.4 Å². The van der Waals surface area contributed by atoms with Gasteiger partial charge in [0.15, 0.2) is 0 Å². The van der Waals surface area contributed by atoms with Gasteiger partial charge in [-0.1, -0.05) is 0 Å². The molecule has 1 heterocycles. The molecule has 0 aromatic heterocycles. The first-order chi connectivity index (χ1) is 9.45. The van der Waals surface area contributed by atoms with Gasteiger partial charge in [0.1, 0.15) is 6.61 Å². The number of nitrogens with one attached hydrogen (secondary N) is 2. The second kappa shape index (κ2) is 7.84. The molecule has 0 aliphatic carbocycles. The van der Waals surface area contributed by atoms with Gasteiger partial charge < -0.3 is 20.3 Å². The van der Waals surface area contributed by atoms with Crippen LogP contribution in [0.4, 0.5) is 0 Å². The Kier molecular flexibility index (Phi) is 6.44. The van der Waals surface area contributed by atoms with E-state index in [1.807, 2.05) is 13.8 Å². The molecule has 1 fully saturated rings. The monoisotopic (exact) mass is 285 g/mol. The molecule has 0 aromatic carbocycles. The van der Waals surface area contributed by atoms with E-state index >= 15 is 0 Å². The number of likely N-dealkylation sites (tertiary alicyclic amines) is 1. The maximum Gasteiger partial charge on any atom is 0.246 e. The quantitative estimate of drug-likeness (QED) is 0.595. The maximum atomic E-state index is 11.9. The van der Waals surface area contributed by atoms with Crippen LogP contribution in [0.3, 0.4) is 0 Å². The first kappa shape index (κ1) is 16.4. The molecule has 20 heavy (non-hydrogen) atoms. The lowest BCUT2D eigenvalue weighted by Gasteiger charge is -2.20. The predicted molar refractivity (Wildman–Crippen MR) is 72.9 cm³/mol. The maximum absolute atomic E-state index is 11.9. The summed E-state index contributed by atoms with van der Waals surface area (Å²) in [6.07, 6.45) is 0.264. The van der Waals surface area contributed by atoms with E-state index in [0.717, 1.165) is 0 Å². The highest BCUT2D eigenvalue weighted by Gasteiger charge is 2.35. The van der Waals surface area contributed by atoms with Gasteiger partial charge in [-0.05, 0) is 13.8 Å². The summed E-state index contributed by atoms with van der Waals surface area (Å²) in [5, 5.41) is 5.34. The third-order valence-electron chi connectivity index (χ3n) is 3.17. The molecule has 0 bridgehead atoms. The number of hydrogen-bond donors (Lipinski definition) is 2. The van der Waals surface area contributed by atoms with Gasteiger partial charge in [-0.2, -0.15) is 0 Å². The fraction of sp³-hybridized carbons (Fsp3) is 0.769. The number of nitrogens with zero attached hydrogens (tertiary/aromatic N) is 1. The Morgan fingerprint density at radius 2 is 2.00 bits per heavy atom. The molecule has 3 amide bonds. The Morgan fingerprint density at radius 1 is 1.35 bits per heavy atom. The van der Waals surface area contributed by atoms with Gasteiger partial charge in [-0.25, -0.2) is 0 Å². The molecule has 2 N–H and O–H groups in total. The lowest BCUT2D eigenvalue weighted by molar-refractivity contribution is -0.129. The largest absolute Gasteiger partial charge is 0.375 e. The molecule has 0 saturated carbocycles. The van der Waals surface area contributed by atoms with Crippen LogP contribution in [0.15, 0.2) is 0 Å². The summed E-state index contributed by atoms with van der Waals surface area (Å²) >= 11 is 0. The van der Waals surface area contributed by atoms with Crippen LogP contribution < -0.4 is 10.6 Å². The van der Waals surface area contributed by atoms with E-state index in [4.69, 9.17) is 0 Å². The summed E-state index contributed by atoms with van der Waals surface area (Å²) in [6, 6.07) is 0.119. The molecule has 0 radical (unpaired) electrons. The van der Waals surface area contributed by atoms with Crippen molar-refractivity contribution >= 4 is 17.7 Å². The fourth-order valence-electron chi connectivity index (χ4n) is 2.12. The highest BCUT2D eigenvalue weighted by atomic mass is 16.5. The number of ether oxygens (including phenoxy) is 1. The number of carbonyl (C=O) groups is 3. The summed E-state index contributed by atoms with van der Waals surface area (Å²) < 4.78 is 4.67. The molecule has 1 saturated heterocycles. The van der Waals surface area contributed by atoms with Crippen molar-refractivity contribution in [1.29, 1.82) is 0 Å². The summed E-state index contributed by atoms with van der Waals surface area (Å²) in [4.78, 5) is 36.4. The first-order valence-electron chi connectivity index (χ1n) is 6.78. The highest BCUT2D eigenvalue weighted by Crippen LogP contribution is 2.19. The van der Waals surface area contributed by atoms with Crippen molar-refractivity contribution in [2.45, 2.75) is 26.3 Å². The first-order valence-corrected chi connectivity index (χ1v) is 6.78. The zero-order valence-electron chi connectivity index (χ0n) is 12.3. The molecule has 7 nitrogen and oxygen atoms in total. The molecule has 1 unspecified atom stereocenters. The average Bonchev–Trinajstić information content (AvgIpc) is 2.77. The smallest absolute Gasteiger partial charge is 0.246 e. The van der Waals surface area contributed by atoms with Crippen molar-refractivity contribution in [3.8, 4) is 0 Å². The number of amides is 3. The molecular formula is C13H23N3O4. The van der Waals surface area contributed by atoms with Gasteiger partial charge in [0.05, 0.1) is 5.92 Å². The Hall–Kier alpha value is -1.63. The van der Waals surface area contributed by atoms with E-state index < -0.39 is 0 Å². The van der Waals surface area contributed by atoms with E-state index in [1.54, 1.807) is 4.90 Å². The molecule has 1 aliphatic heterocycles. The van der Waals surface area contributed by atoms with Gasteiger partial charge in [0.2, 0.25) is 17.7 Å². The Bertz CT molecular complexity index is 371. The van der Waals surface area contributed by atoms with E-state index in [9.17, 15) is 14.4 Å². The Labute approximate surface area is 119 Å². The standard InChI is InChI=1S/C13H23N3O4/c1-9(2)16-7-10(6-12(16)18)13(19)15-5-4-14-11(17)8-20-3/h9-10H,4-8H2,1-3H3,(H,14,17)(H,15,19). The van der Waals surface area contributed by atoms with Crippen LogP contribution in [0.5, 0.6) is 0 Å². The predicted octanol–water partition coefficient (Wildman–Crippen LogP) is -0.878. The lowest BCUT2D eigenvalue weighted by Crippen LogP contribution is -2.39. The Balaban J connectivity index is 2.24. The minimum absolute atomic E-state index is 0.00835. The molecule has 0 spiro atoms. The van der Waals surface area contributed by atoms with Crippen molar-refractivity contribution in [1.82, 2.24) is 15.5 Å². The van der Waals surface area contributed by atoms with E-state index in [1.165, 1.54) is 7.11 Å². The molecular weight excluding hydrogens is 262 g/mol. The van der Waals surface area contributed by atoms with Crippen LogP contribution in [0, 0.1) is 5.92 Å². The van der Waals surface area contributed by atoms with Crippen LogP contribution in [0.2, 0.25) is 0 Å². The summed E-state index contributed by atoms with van der Waals surface area (Å²) in [5.41, 5.74) is 0. The van der Waals surface area contributed by atoms with Gasteiger partial charge in [0.25, 0.3) is 0 Å². The van der Waals surface area contributed by atoms with Crippen LogP contribution >= 0.6 is 0 Å². The number of hydrogen-bond acceptors (Lipinski definition) is 4. The van der Waals surface area contributed by atoms with Crippen molar-refractivity contribution < 1.29 is 19.1 Å². The zero-order valence-corrected chi connectivity index (χ0v) is 12.3. The van der Waals surface area contributed by atoms with Crippen LogP contribution in [0.1, 0.15) is 20.3 Å². The van der Waals surface area contributed by atoms with Crippen molar-refractivity contribution in [3.63, 3.8) is 0 Å². The number of methoxy groups -OCH3 is 1. The Morgan fingerprint density at radius 3 is 2.55 bits per heavy atom. The SMILES string of the molecule is COCC(=O)NCCNC(=O)C1CC(=O)N(C(C)C)C1. The second-order valence-electron chi connectivity index (χ2n) is 5.11. The van der Waals surface area contributed by atoms with Crippen molar-refractivity contribution in [3.05, 3.63) is 0 Å². The normalized spacial score (nSPS) is 18.5. The zero-order chi connectivity index (χ0) is 15.1. The van der Waals surface area contributed by atoms with Gasteiger partial charge in [0, 0.05) is 39.2 Å². The van der Waals surface area contributed by atoms with Crippen molar-refractivity contribution in [2.24, 2.45) is 5.92 Å². The average molecular weight is 285 g/mol. The van der Waals surface area contributed by atoms with E-state index in [0.29, 0.717) is 19.6 Å². The minimum Gasteiger partial charge on any atom is -0.375 e. The molecule has 1 aliphatic rings. The van der Waals surface area contributed by atoms with Gasteiger partial charge >= 0.3 is 0 Å². The topological polar surface area (TPSA) is 87.7 Å². The summed E-state index contributed by atoms with van der Waals surface area (Å²) in [7, 11) is 1.44. The third kappa shape index (κ3) is 4.80. The van der Waals surface area contributed by atoms with E-state index in [-0.39, 0.29) is 42.7 Å². The van der Waals surface area contributed by atoms with Crippen LogP contribution in [-0.2, 0) is 19.1 Å². The molecule has 114 valence electrons. The lowest BCUT2D eigenvalue weighted by atomic mass is 10.1.